The van der Waals surface area contributed by atoms with Gasteiger partial charge in [-0.05, 0) is 17.4 Å². The van der Waals surface area contributed by atoms with E-state index >= 15 is 0 Å². The van der Waals surface area contributed by atoms with E-state index in [0.717, 1.165) is 18.2 Å². The molecule has 0 aromatic carbocycles. The van der Waals surface area contributed by atoms with Gasteiger partial charge in [0.25, 0.3) is 0 Å². The number of aromatic nitrogens is 5. The summed E-state index contributed by atoms with van der Waals surface area (Å²) in [6.07, 6.45) is 5.45. The van der Waals surface area contributed by atoms with Gasteiger partial charge in [-0.25, -0.2) is 14.6 Å². The van der Waals surface area contributed by atoms with Crippen LogP contribution in [0, 0.1) is 5.92 Å². The van der Waals surface area contributed by atoms with Crippen molar-refractivity contribution in [1.29, 1.82) is 0 Å². The lowest BCUT2D eigenvalue weighted by Gasteiger charge is -2.10. The first-order chi connectivity index (χ1) is 9.74. The fourth-order valence-electron chi connectivity index (χ4n) is 2.13. The van der Waals surface area contributed by atoms with Crippen molar-refractivity contribution in [3.63, 3.8) is 0 Å². The van der Waals surface area contributed by atoms with Crippen LogP contribution in [0.25, 0.3) is 10.7 Å². The molecule has 0 unspecified atom stereocenters. The van der Waals surface area contributed by atoms with Gasteiger partial charge in [-0.1, -0.05) is 19.9 Å². The van der Waals surface area contributed by atoms with Crippen molar-refractivity contribution < 1.29 is 0 Å². The third-order valence-corrected chi connectivity index (χ3v) is 3.87. The van der Waals surface area contributed by atoms with Crippen molar-refractivity contribution in [2.24, 2.45) is 5.92 Å². The van der Waals surface area contributed by atoms with E-state index in [-0.39, 0.29) is 0 Å². The maximum Gasteiger partial charge on any atom is 0.150 e. The minimum absolute atomic E-state index is 0.551. The van der Waals surface area contributed by atoms with E-state index in [1.54, 1.807) is 17.7 Å². The molecule has 3 heterocycles. The molecule has 6 heteroatoms. The lowest BCUT2D eigenvalue weighted by atomic mass is 10.2. The molecule has 5 nitrogen and oxygen atoms in total. The molecule has 0 aliphatic carbocycles. The van der Waals surface area contributed by atoms with Gasteiger partial charge in [0.05, 0.1) is 11.4 Å². The van der Waals surface area contributed by atoms with Crippen LogP contribution >= 0.6 is 11.3 Å². The fraction of sp³-hybridized carbons (Fsp3) is 0.357. The molecular weight excluding hydrogens is 270 g/mol. The quantitative estimate of drug-likeness (QED) is 0.725. The Morgan fingerprint density at radius 3 is 2.95 bits per heavy atom. The van der Waals surface area contributed by atoms with Crippen LogP contribution in [-0.4, -0.2) is 24.3 Å². The summed E-state index contributed by atoms with van der Waals surface area (Å²) in [7, 11) is 0. The Hall–Kier alpha value is -1.95. The van der Waals surface area contributed by atoms with E-state index in [1.807, 2.05) is 23.1 Å². The average molecular weight is 287 g/mol. The maximum absolute atomic E-state index is 4.45. The molecule has 0 N–H and O–H groups in total. The zero-order chi connectivity index (χ0) is 13.9. The van der Waals surface area contributed by atoms with E-state index in [1.165, 1.54) is 4.88 Å². The SMILES string of the molecule is CC(C)Cn1ncnc1Cn1ccnc1-c1cccs1. The second-order valence-electron chi connectivity index (χ2n) is 5.11. The number of thiophene rings is 1. The molecule has 20 heavy (non-hydrogen) atoms. The standard InChI is InChI=1S/C14H17N5S/c1-11(2)8-19-13(16-10-17-19)9-18-6-5-15-14(18)12-4-3-7-20-12/h3-7,10-11H,8-9H2,1-2H3. The highest BCUT2D eigenvalue weighted by atomic mass is 32.1. The Labute approximate surface area is 121 Å². The van der Waals surface area contributed by atoms with E-state index in [2.05, 4.69) is 44.9 Å². The van der Waals surface area contributed by atoms with Crippen LogP contribution in [0.5, 0.6) is 0 Å². The molecule has 0 amide bonds. The highest BCUT2D eigenvalue weighted by Crippen LogP contribution is 2.23. The van der Waals surface area contributed by atoms with Crippen LogP contribution in [0.15, 0.2) is 36.2 Å². The van der Waals surface area contributed by atoms with Gasteiger partial charge in [0.15, 0.2) is 0 Å². The Morgan fingerprint density at radius 2 is 2.20 bits per heavy atom. The minimum Gasteiger partial charge on any atom is -0.323 e. The van der Waals surface area contributed by atoms with Crippen LogP contribution < -0.4 is 0 Å². The molecule has 0 spiro atoms. The number of imidazole rings is 1. The molecule has 0 atom stereocenters. The Morgan fingerprint density at radius 1 is 1.30 bits per heavy atom. The molecule has 0 saturated heterocycles. The molecule has 3 rings (SSSR count). The molecule has 104 valence electrons. The highest BCUT2D eigenvalue weighted by molar-refractivity contribution is 7.13. The van der Waals surface area contributed by atoms with Crippen LogP contribution in [0.3, 0.4) is 0 Å². The van der Waals surface area contributed by atoms with E-state index < -0.39 is 0 Å². The van der Waals surface area contributed by atoms with Crippen LogP contribution in [0.1, 0.15) is 19.7 Å². The molecule has 0 saturated carbocycles. The van der Waals surface area contributed by atoms with Crippen molar-refractivity contribution in [2.45, 2.75) is 26.9 Å². The first-order valence-electron chi connectivity index (χ1n) is 6.65. The minimum atomic E-state index is 0.551. The first kappa shape index (κ1) is 13.1. The van der Waals surface area contributed by atoms with Crippen molar-refractivity contribution in [1.82, 2.24) is 24.3 Å². The third-order valence-electron chi connectivity index (χ3n) is 3.00. The smallest absolute Gasteiger partial charge is 0.150 e. The van der Waals surface area contributed by atoms with Gasteiger partial charge in [0.1, 0.15) is 18.0 Å². The number of hydrogen-bond donors (Lipinski definition) is 0. The summed E-state index contributed by atoms with van der Waals surface area (Å²) in [6.45, 7) is 5.94. The van der Waals surface area contributed by atoms with Crippen LogP contribution in [0.2, 0.25) is 0 Å². The first-order valence-corrected chi connectivity index (χ1v) is 7.53. The van der Waals surface area contributed by atoms with Gasteiger partial charge in [-0.15, -0.1) is 11.3 Å². The zero-order valence-corrected chi connectivity index (χ0v) is 12.4. The lowest BCUT2D eigenvalue weighted by molar-refractivity contribution is 0.461. The molecule has 0 aliphatic rings. The largest absolute Gasteiger partial charge is 0.323 e. The molecular formula is C14H17N5S. The number of rotatable bonds is 5. The predicted molar refractivity (Wildman–Crippen MR) is 79.5 cm³/mol. The maximum atomic E-state index is 4.45. The van der Waals surface area contributed by atoms with Gasteiger partial charge < -0.3 is 4.57 Å². The van der Waals surface area contributed by atoms with Crippen molar-refractivity contribution >= 4 is 11.3 Å². The summed E-state index contributed by atoms with van der Waals surface area (Å²) in [4.78, 5) is 9.99. The summed E-state index contributed by atoms with van der Waals surface area (Å²) < 4.78 is 4.09. The van der Waals surface area contributed by atoms with Gasteiger partial charge in [0, 0.05) is 18.9 Å². The molecule has 0 bridgehead atoms. The summed E-state index contributed by atoms with van der Waals surface area (Å²) in [5.41, 5.74) is 0. The van der Waals surface area contributed by atoms with Crippen molar-refractivity contribution in [3.8, 4) is 10.7 Å². The van der Waals surface area contributed by atoms with Crippen LogP contribution in [0.4, 0.5) is 0 Å². The topological polar surface area (TPSA) is 48.5 Å². The Bertz CT molecular complexity index is 665. The van der Waals surface area contributed by atoms with Gasteiger partial charge in [-0.3, -0.25) is 0 Å². The summed E-state index contributed by atoms with van der Waals surface area (Å²) in [6, 6.07) is 4.13. The van der Waals surface area contributed by atoms with E-state index in [9.17, 15) is 0 Å². The van der Waals surface area contributed by atoms with Gasteiger partial charge >= 0.3 is 0 Å². The van der Waals surface area contributed by atoms with Crippen molar-refractivity contribution in [3.05, 3.63) is 42.1 Å². The summed E-state index contributed by atoms with van der Waals surface area (Å²) in [5.74, 6) is 2.50. The third kappa shape index (κ3) is 2.65. The second kappa shape index (κ2) is 5.58. The average Bonchev–Trinajstić information content (AvgIpc) is 3.11. The monoisotopic (exact) mass is 287 g/mol. The van der Waals surface area contributed by atoms with E-state index in [4.69, 9.17) is 0 Å². The highest BCUT2D eigenvalue weighted by Gasteiger charge is 2.11. The summed E-state index contributed by atoms with van der Waals surface area (Å²) >= 11 is 1.70. The van der Waals surface area contributed by atoms with Gasteiger partial charge in [-0.2, -0.15) is 5.10 Å². The number of nitrogens with zero attached hydrogens (tertiary/aromatic N) is 5. The fourth-order valence-corrected chi connectivity index (χ4v) is 2.87. The molecule has 0 aliphatic heterocycles. The van der Waals surface area contributed by atoms with E-state index in [0.29, 0.717) is 12.5 Å². The normalized spacial score (nSPS) is 11.3. The Kier molecular flexibility index (Phi) is 3.64. The molecule has 3 aromatic heterocycles. The predicted octanol–water partition coefficient (Wildman–Crippen LogP) is 2.91. The second-order valence-corrected chi connectivity index (χ2v) is 6.06. The summed E-state index contributed by atoms with van der Waals surface area (Å²) in [5, 5.41) is 6.37. The van der Waals surface area contributed by atoms with Crippen LogP contribution in [-0.2, 0) is 13.1 Å². The zero-order valence-electron chi connectivity index (χ0n) is 11.6. The number of hydrogen-bond acceptors (Lipinski definition) is 4. The molecule has 0 fully saturated rings. The Balaban J connectivity index is 1.86. The lowest BCUT2D eigenvalue weighted by Crippen LogP contribution is -2.13. The molecule has 0 radical (unpaired) electrons. The molecule has 3 aromatic rings. The van der Waals surface area contributed by atoms with Crippen molar-refractivity contribution in [2.75, 3.05) is 0 Å². The van der Waals surface area contributed by atoms with Gasteiger partial charge in [0.2, 0.25) is 0 Å².